The molecular formula is C35H46N8O9S. The lowest BCUT2D eigenvalue weighted by molar-refractivity contribution is -0.205. The van der Waals surface area contributed by atoms with Crippen LogP contribution in [0, 0.1) is 0 Å². The molecule has 17 nitrogen and oxygen atoms in total. The lowest BCUT2D eigenvalue weighted by atomic mass is 9.90. The van der Waals surface area contributed by atoms with E-state index in [0.29, 0.717) is 60.3 Å². The van der Waals surface area contributed by atoms with Crippen molar-refractivity contribution in [2.45, 2.75) is 68.9 Å². The number of aromatic nitrogens is 5. The van der Waals surface area contributed by atoms with Crippen molar-refractivity contribution >= 4 is 33.3 Å². The molecule has 1 aliphatic carbocycles. The molecule has 1 aromatic carbocycles. The van der Waals surface area contributed by atoms with Crippen molar-refractivity contribution in [3.05, 3.63) is 66.5 Å². The van der Waals surface area contributed by atoms with Crippen molar-refractivity contribution in [2.24, 2.45) is 4.99 Å². The summed E-state index contributed by atoms with van der Waals surface area (Å²) in [4.78, 5) is 50.6. The molecule has 0 radical (unpaired) electrons. The first-order chi connectivity index (χ1) is 25.3. The first kappa shape index (κ1) is 38.7. The number of aliphatic hydroxyl groups is 4. The SMILES string of the molecule is CN(C)CCCn1c(O)c2ccc3c4c2c(c(=NCc2cn(CCS[C@H]5O[C@H](CO)[C@@H](O)[C@H](O)[C@@H]5O)nn2)cc-4c(=O)n(CCCN(C)C)c3=O)c1=O. The maximum atomic E-state index is 14.2. The van der Waals surface area contributed by atoms with Gasteiger partial charge in [0.15, 0.2) is 0 Å². The van der Waals surface area contributed by atoms with E-state index in [1.807, 2.05) is 38.0 Å². The van der Waals surface area contributed by atoms with Crippen LogP contribution in [-0.4, -0.2) is 143 Å². The summed E-state index contributed by atoms with van der Waals surface area (Å²) in [6.07, 6.45) is -2.42. The van der Waals surface area contributed by atoms with Gasteiger partial charge in [-0.15, -0.1) is 16.9 Å². The highest BCUT2D eigenvalue weighted by Gasteiger charge is 2.43. The highest BCUT2D eigenvalue weighted by atomic mass is 32.2. The van der Waals surface area contributed by atoms with E-state index < -0.39 is 53.1 Å². The Labute approximate surface area is 308 Å². The average Bonchev–Trinajstić information content (AvgIpc) is 3.58. The van der Waals surface area contributed by atoms with Crippen molar-refractivity contribution in [1.82, 2.24) is 33.9 Å². The molecule has 5 N–H and O–H groups in total. The van der Waals surface area contributed by atoms with Gasteiger partial charge < -0.3 is 40.1 Å². The summed E-state index contributed by atoms with van der Waals surface area (Å²) in [5.74, 6) is 0.143. The van der Waals surface area contributed by atoms with Gasteiger partial charge in [-0.3, -0.25) is 33.2 Å². The first-order valence-corrected chi connectivity index (χ1v) is 18.5. The number of hydrogen-bond donors (Lipinski definition) is 5. The molecule has 0 spiro atoms. The second kappa shape index (κ2) is 16.2. The molecule has 1 saturated heterocycles. The van der Waals surface area contributed by atoms with Crippen LogP contribution in [0.5, 0.6) is 5.88 Å². The molecule has 3 aromatic rings. The van der Waals surface area contributed by atoms with Crippen molar-refractivity contribution in [3.8, 4) is 17.0 Å². The van der Waals surface area contributed by atoms with Crippen molar-refractivity contribution in [1.29, 1.82) is 0 Å². The third-order valence-electron chi connectivity index (χ3n) is 9.59. The summed E-state index contributed by atoms with van der Waals surface area (Å²) in [6, 6.07) is 4.78. The zero-order chi connectivity index (χ0) is 38.1. The van der Waals surface area contributed by atoms with Crippen molar-refractivity contribution in [3.63, 3.8) is 0 Å². The standard InChI is InChI=1S/C35H46N8O9S/c1-39(2)9-5-11-42-31(48)20-7-8-21-26-25(20)22(33(42)50)15-23(27(26)34(51)43(32(21)49)12-6-10-40(3)4)36-16-19-17-41(38-37-19)13-14-53-35-30(47)29(46)28(45)24(18-44)52-35/h7-8,15,17,24,28-30,35,44-47,49H,5-6,9-14,16,18H2,1-4H3/t24-,28-,29+,30+,35-/m1/s1. The van der Waals surface area contributed by atoms with Gasteiger partial charge in [0, 0.05) is 40.6 Å². The molecule has 2 aromatic heterocycles. The number of pyridine rings is 2. The number of hydrogen-bond acceptors (Lipinski definition) is 15. The van der Waals surface area contributed by atoms with E-state index >= 15 is 0 Å². The number of aryl methyl sites for hydroxylation is 1. The maximum Gasteiger partial charge on any atom is 0.263 e. The molecule has 18 heteroatoms. The van der Waals surface area contributed by atoms with E-state index in [9.17, 15) is 39.9 Å². The molecule has 53 heavy (non-hydrogen) atoms. The summed E-state index contributed by atoms with van der Waals surface area (Å²) in [6.45, 7) is 1.62. The molecule has 0 bridgehead atoms. The molecule has 5 atom stereocenters. The van der Waals surface area contributed by atoms with E-state index in [-0.39, 0.29) is 47.2 Å². The number of aliphatic hydroxyl groups excluding tert-OH is 4. The van der Waals surface area contributed by atoms with E-state index in [1.54, 1.807) is 29.1 Å². The molecular weight excluding hydrogens is 708 g/mol. The van der Waals surface area contributed by atoms with Crippen LogP contribution in [0.2, 0.25) is 0 Å². The monoisotopic (exact) mass is 754 g/mol. The molecule has 1 fully saturated rings. The van der Waals surface area contributed by atoms with Gasteiger partial charge in [-0.2, -0.15) is 0 Å². The second-order valence-electron chi connectivity index (χ2n) is 13.9. The van der Waals surface area contributed by atoms with Crippen LogP contribution in [0.4, 0.5) is 0 Å². The van der Waals surface area contributed by atoms with Crippen LogP contribution in [0.25, 0.3) is 32.7 Å². The summed E-state index contributed by atoms with van der Waals surface area (Å²) in [5.41, 5.74) is -1.30. The highest BCUT2D eigenvalue weighted by Crippen LogP contribution is 2.37. The normalized spacial score (nSPS) is 21.4. The van der Waals surface area contributed by atoms with Crippen molar-refractivity contribution < 1.29 is 30.3 Å². The van der Waals surface area contributed by atoms with Gasteiger partial charge in [-0.1, -0.05) is 5.21 Å². The molecule has 2 aliphatic heterocycles. The molecule has 6 rings (SSSR count). The summed E-state index contributed by atoms with van der Waals surface area (Å²) in [7, 11) is 7.67. The largest absolute Gasteiger partial charge is 0.494 e. The van der Waals surface area contributed by atoms with E-state index in [0.717, 1.165) is 0 Å². The van der Waals surface area contributed by atoms with Crippen LogP contribution in [0.1, 0.15) is 18.5 Å². The number of benzene rings is 2. The molecule has 286 valence electrons. The minimum Gasteiger partial charge on any atom is -0.494 e. The fraction of sp³-hybridized carbons (Fsp3) is 0.543. The van der Waals surface area contributed by atoms with Crippen molar-refractivity contribution in [2.75, 3.05) is 53.6 Å². The van der Waals surface area contributed by atoms with Gasteiger partial charge in [0.05, 0.1) is 42.2 Å². The predicted octanol–water partition coefficient (Wildman–Crippen LogP) is -1.51. The van der Waals surface area contributed by atoms with Crippen LogP contribution >= 0.6 is 11.8 Å². The van der Waals surface area contributed by atoms with E-state index in [1.165, 1.54) is 20.9 Å². The zero-order valence-electron chi connectivity index (χ0n) is 30.1. The van der Waals surface area contributed by atoms with E-state index in [4.69, 9.17) is 9.73 Å². The Kier molecular flexibility index (Phi) is 11.8. The van der Waals surface area contributed by atoms with Crippen LogP contribution < -0.4 is 22.0 Å². The first-order valence-electron chi connectivity index (χ1n) is 17.5. The summed E-state index contributed by atoms with van der Waals surface area (Å²) in [5, 5.41) is 61.1. The Morgan fingerprint density at radius 1 is 0.868 bits per heavy atom. The van der Waals surface area contributed by atoms with Gasteiger partial charge >= 0.3 is 0 Å². The van der Waals surface area contributed by atoms with Gasteiger partial charge in [0.25, 0.3) is 16.7 Å². The minimum absolute atomic E-state index is 0.00387. The minimum atomic E-state index is -1.46. The molecule has 0 saturated carbocycles. The Hall–Kier alpha value is -4.01. The number of thioether (sulfide) groups is 1. The Morgan fingerprint density at radius 2 is 1.55 bits per heavy atom. The maximum absolute atomic E-state index is 14.2. The molecule has 0 amide bonds. The van der Waals surface area contributed by atoms with Gasteiger partial charge in [-0.25, -0.2) is 0 Å². The third-order valence-corrected chi connectivity index (χ3v) is 10.7. The Bertz CT molecular complexity index is 2250. The smallest absolute Gasteiger partial charge is 0.263 e. The summed E-state index contributed by atoms with van der Waals surface area (Å²) < 4.78 is 9.65. The highest BCUT2D eigenvalue weighted by molar-refractivity contribution is 7.99. The molecule has 3 aliphatic rings. The second-order valence-corrected chi connectivity index (χ2v) is 15.1. The van der Waals surface area contributed by atoms with Crippen LogP contribution in [-0.2, 0) is 30.9 Å². The average molecular weight is 755 g/mol. The number of aromatic hydroxyl groups is 1. The Morgan fingerprint density at radius 3 is 2.23 bits per heavy atom. The lowest BCUT2D eigenvalue weighted by Crippen LogP contribution is -2.57. The fourth-order valence-electron chi connectivity index (χ4n) is 6.84. The van der Waals surface area contributed by atoms with E-state index in [2.05, 4.69) is 10.3 Å². The number of ether oxygens (including phenoxy) is 1. The van der Waals surface area contributed by atoms with Crippen LogP contribution in [0.3, 0.4) is 0 Å². The van der Waals surface area contributed by atoms with Gasteiger partial charge in [-0.05, 0) is 72.3 Å². The third kappa shape index (κ3) is 7.68. The lowest BCUT2D eigenvalue weighted by Gasteiger charge is -2.39. The number of rotatable bonds is 15. The zero-order valence-corrected chi connectivity index (χ0v) is 30.9. The number of nitrogens with zero attached hydrogens (tertiary/aromatic N) is 8. The van der Waals surface area contributed by atoms with Crippen LogP contribution in [0.15, 0.2) is 43.8 Å². The molecule has 4 heterocycles. The Balaban J connectivity index is 1.36. The topological polar surface area (TPSA) is 221 Å². The van der Waals surface area contributed by atoms with Gasteiger partial charge in [0.1, 0.15) is 35.5 Å². The van der Waals surface area contributed by atoms with Gasteiger partial charge in [0.2, 0.25) is 5.88 Å². The fourth-order valence-corrected chi connectivity index (χ4v) is 7.94. The predicted molar refractivity (Wildman–Crippen MR) is 199 cm³/mol. The summed E-state index contributed by atoms with van der Waals surface area (Å²) >= 11 is 1.19. The molecule has 0 unspecified atom stereocenters. The quantitative estimate of drug-likeness (QED) is 0.0768.